The molecule has 0 fully saturated rings. The van der Waals surface area contributed by atoms with E-state index in [4.69, 9.17) is 9.52 Å². The number of aryl methyl sites for hydroxylation is 1. The summed E-state index contributed by atoms with van der Waals surface area (Å²) in [5, 5.41) is 19.4. The van der Waals surface area contributed by atoms with Crippen LogP contribution in [0.15, 0.2) is 47.0 Å². The van der Waals surface area contributed by atoms with E-state index in [0.29, 0.717) is 13.0 Å². The molecule has 0 spiro atoms. The molecule has 2 aromatic heterocycles. The quantitative estimate of drug-likeness (QED) is 0.653. The van der Waals surface area contributed by atoms with Crippen molar-refractivity contribution >= 4 is 5.69 Å². The zero-order chi connectivity index (χ0) is 15.4. The van der Waals surface area contributed by atoms with Crippen LogP contribution in [0.1, 0.15) is 16.9 Å². The Morgan fingerprint density at radius 3 is 2.68 bits per heavy atom. The van der Waals surface area contributed by atoms with Gasteiger partial charge in [0.1, 0.15) is 11.5 Å². The number of hydrogen-bond acceptors (Lipinski definition) is 4. The van der Waals surface area contributed by atoms with E-state index < -0.39 is 0 Å². The fourth-order valence-corrected chi connectivity index (χ4v) is 2.34. The summed E-state index contributed by atoms with van der Waals surface area (Å²) in [6.07, 6.45) is 2.49. The molecule has 5 heteroatoms. The second-order valence-corrected chi connectivity index (χ2v) is 5.20. The summed E-state index contributed by atoms with van der Waals surface area (Å²) in [4.78, 5) is 0. The zero-order valence-electron chi connectivity index (χ0n) is 12.5. The Labute approximate surface area is 129 Å². The maximum atomic E-state index is 8.92. The topological polar surface area (TPSA) is 74.1 Å². The summed E-state index contributed by atoms with van der Waals surface area (Å²) in [6, 6.07) is 11.9. The van der Waals surface area contributed by atoms with E-state index in [9.17, 15) is 0 Å². The third-order valence-corrected chi connectivity index (χ3v) is 3.54. The van der Waals surface area contributed by atoms with E-state index in [1.54, 1.807) is 6.20 Å². The monoisotopic (exact) mass is 297 g/mol. The van der Waals surface area contributed by atoms with Crippen molar-refractivity contribution in [3.8, 4) is 11.5 Å². The number of aromatic nitrogens is 2. The minimum atomic E-state index is 0.174. The number of benzene rings is 1. The van der Waals surface area contributed by atoms with Crippen molar-refractivity contribution in [2.24, 2.45) is 0 Å². The number of H-pyrrole nitrogens is 1. The van der Waals surface area contributed by atoms with Crippen molar-refractivity contribution in [2.45, 2.75) is 19.9 Å². The molecule has 5 nitrogen and oxygen atoms in total. The van der Waals surface area contributed by atoms with Gasteiger partial charge in [-0.15, -0.1) is 0 Å². The van der Waals surface area contributed by atoms with Gasteiger partial charge in [0.2, 0.25) is 0 Å². The lowest BCUT2D eigenvalue weighted by molar-refractivity contribution is 0.299. The molecule has 22 heavy (non-hydrogen) atoms. The largest absolute Gasteiger partial charge is 0.460 e. The van der Waals surface area contributed by atoms with Crippen molar-refractivity contribution in [3.05, 3.63) is 59.5 Å². The first-order valence-corrected chi connectivity index (χ1v) is 7.29. The molecule has 0 saturated heterocycles. The van der Waals surface area contributed by atoms with Crippen molar-refractivity contribution in [2.75, 3.05) is 11.9 Å². The molecule has 0 unspecified atom stereocenters. The smallest absolute Gasteiger partial charge is 0.152 e. The molecule has 3 rings (SSSR count). The Morgan fingerprint density at radius 2 is 2.00 bits per heavy atom. The first-order valence-electron chi connectivity index (χ1n) is 7.29. The Kier molecular flexibility index (Phi) is 4.25. The number of nitrogens with one attached hydrogen (secondary N) is 2. The van der Waals surface area contributed by atoms with Crippen LogP contribution in [0, 0.1) is 6.92 Å². The van der Waals surface area contributed by atoms with Crippen LogP contribution in [-0.2, 0) is 13.0 Å². The number of aliphatic hydroxyl groups excluding tert-OH is 1. The number of furan rings is 1. The van der Waals surface area contributed by atoms with Gasteiger partial charge in [-0.2, -0.15) is 5.10 Å². The SMILES string of the molecule is Cc1ccc(-c2[nH]ncc2CNc2ccc(CCO)cc2)o1. The number of anilines is 1. The van der Waals surface area contributed by atoms with Gasteiger partial charge < -0.3 is 14.8 Å². The molecule has 0 saturated carbocycles. The van der Waals surface area contributed by atoms with Crippen LogP contribution in [0.2, 0.25) is 0 Å². The highest BCUT2D eigenvalue weighted by Gasteiger charge is 2.10. The minimum Gasteiger partial charge on any atom is -0.460 e. The molecule has 0 bridgehead atoms. The summed E-state index contributed by atoms with van der Waals surface area (Å²) >= 11 is 0. The van der Waals surface area contributed by atoms with Gasteiger partial charge in [-0.1, -0.05) is 12.1 Å². The van der Waals surface area contributed by atoms with Crippen molar-refractivity contribution in [1.82, 2.24) is 10.2 Å². The summed E-state index contributed by atoms with van der Waals surface area (Å²) < 4.78 is 5.64. The number of hydrogen-bond donors (Lipinski definition) is 3. The zero-order valence-corrected chi connectivity index (χ0v) is 12.5. The van der Waals surface area contributed by atoms with Crippen LogP contribution in [0.4, 0.5) is 5.69 Å². The summed E-state index contributed by atoms with van der Waals surface area (Å²) in [6.45, 7) is 2.75. The van der Waals surface area contributed by atoms with Crippen LogP contribution in [0.3, 0.4) is 0 Å². The molecule has 0 aliphatic heterocycles. The molecular formula is C17H19N3O2. The molecule has 114 valence electrons. The number of nitrogens with zero attached hydrogens (tertiary/aromatic N) is 1. The van der Waals surface area contributed by atoms with Gasteiger partial charge in [-0.05, 0) is 43.2 Å². The fourth-order valence-electron chi connectivity index (χ4n) is 2.34. The van der Waals surface area contributed by atoms with E-state index >= 15 is 0 Å². The second kappa shape index (κ2) is 6.49. The van der Waals surface area contributed by atoms with Gasteiger partial charge in [0.15, 0.2) is 5.76 Å². The highest BCUT2D eigenvalue weighted by atomic mass is 16.3. The number of aliphatic hydroxyl groups is 1. The average Bonchev–Trinajstić information content (AvgIpc) is 3.15. The maximum absolute atomic E-state index is 8.92. The van der Waals surface area contributed by atoms with E-state index in [0.717, 1.165) is 34.0 Å². The molecule has 3 aromatic rings. The van der Waals surface area contributed by atoms with E-state index in [1.165, 1.54) is 0 Å². The third-order valence-electron chi connectivity index (χ3n) is 3.54. The minimum absolute atomic E-state index is 0.174. The molecule has 0 atom stereocenters. The van der Waals surface area contributed by atoms with Crippen molar-refractivity contribution in [1.29, 1.82) is 0 Å². The standard InChI is InChI=1S/C17H19N3O2/c1-12-2-7-16(22-12)17-14(11-19-20-17)10-18-15-5-3-13(4-6-15)8-9-21/h2-7,11,18,21H,8-10H2,1H3,(H,19,20). The number of aromatic amines is 1. The van der Waals surface area contributed by atoms with Crippen LogP contribution in [0.25, 0.3) is 11.5 Å². The lowest BCUT2D eigenvalue weighted by atomic mass is 10.1. The first kappa shape index (κ1) is 14.4. The summed E-state index contributed by atoms with van der Waals surface area (Å²) in [5.41, 5.74) is 4.11. The van der Waals surface area contributed by atoms with E-state index in [1.807, 2.05) is 43.3 Å². The lowest BCUT2D eigenvalue weighted by Crippen LogP contribution is -2.00. The second-order valence-electron chi connectivity index (χ2n) is 5.20. The molecule has 2 heterocycles. The molecule has 1 aromatic carbocycles. The summed E-state index contributed by atoms with van der Waals surface area (Å²) in [7, 11) is 0. The van der Waals surface area contributed by atoms with Crippen LogP contribution in [0.5, 0.6) is 0 Å². The molecular weight excluding hydrogens is 278 g/mol. The van der Waals surface area contributed by atoms with Crippen molar-refractivity contribution < 1.29 is 9.52 Å². The Balaban J connectivity index is 1.68. The molecule has 0 radical (unpaired) electrons. The van der Waals surface area contributed by atoms with E-state index in [-0.39, 0.29) is 6.61 Å². The van der Waals surface area contributed by atoms with Gasteiger partial charge in [-0.3, -0.25) is 5.10 Å². The number of rotatable bonds is 6. The Hall–Kier alpha value is -2.53. The third kappa shape index (κ3) is 3.20. The van der Waals surface area contributed by atoms with Gasteiger partial charge in [0.25, 0.3) is 0 Å². The lowest BCUT2D eigenvalue weighted by Gasteiger charge is -2.07. The highest BCUT2D eigenvalue weighted by Crippen LogP contribution is 2.24. The van der Waals surface area contributed by atoms with E-state index in [2.05, 4.69) is 15.5 Å². The predicted molar refractivity (Wildman–Crippen MR) is 85.6 cm³/mol. The van der Waals surface area contributed by atoms with Crippen molar-refractivity contribution in [3.63, 3.8) is 0 Å². The first-order chi connectivity index (χ1) is 10.8. The maximum Gasteiger partial charge on any atom is 0.152 e. The Bertz CT molecular complexity index is 728. The molecule has 0 aliphatic carbocycles. The van der Waals surface area contributed by atoms with Gasteiger partial charge in [0, 0.05) is 24.4 Å². The molecule has 3 N–H and O–H groups in total. The van der Waals surface area contributed by atoms with Gasteiger partial charge >= 0.3 is 0 Å². The molecule has 0 amide bonds. The van der Waals surface area contributed by atoms with Gasteiger partial charge in [-0.25, -0.2) is 0 Å². The van der Waals surface area contributed by atoms with Gasteiger partial charge in [0.05, 0.1) is 6.20 Å². The van der Waals surface area contributed by atoms with Crippen LogP contribution >= 0.6 is 0 Å². The van der Waals surface area contributed by atoms with Crippen LogP contribution < -0.4 is 5.32 Å². The normalized spacial score (nSPS) is 10.8. The Morgan fingerprint density at radius 1 is 1.18 bits per heavy atom. The molecule has 0 aliphatic rings. The highest BCUT2D eigenvalue weighted by molar-refractivity contribution is 5.58. The predicted octanol–water partition coefficient (Wildman–Crippen LogP) is 3.13. The summed E-state index contributed by atoms with van der Waals surface area (Å²) in [5.74, 6) is 1.67. The van der Waals surface area contributed by atoms with Crippen LogP contribution in [-0.4, -0.2) is 21.9 Å². The fraction of sp³-hybridized carbons (Fsp3) is 0.235. The average molecular weight is 297 g/mol.